The molecule has 90 valence electrons. The summed E-state index contributed by atoms with van der Waals surface area (Å²) in [6.45, 7) is 8.95. The summed E-state index contributed by atoms with van der Waals surface area (Å²) in [6, 6.07) is 11.3. The summed E-state index contributed by atoms with van der Waals surface area (Å²) in [5.74, 6) is 1.23. The largest absolute Gasteiger partial charge is 0.144 e. The first-order valence-electron chi connectivity index (χ1n) is 6.26. The second-order valence-corrected chi connectivity index (χ2v) is 6.09. The van der Waals surface area contributed by atoms with E-state index < -0.39 is 0 Å². The molecule has 2 aromatic rings. The van der Waals surface area contributed by atoms with Gasteiger partial charge in [-0.1, -0.05) is 52.0 Å². The van der Waals surface area contributed by atoms with Crippen molar-refractivity contribution in [3.63, 3.8) is 0 Å². The molecule has 1 aromatic heterocycles. The fourth-order valence-electron chi connectivity index (χ4n) is 1.84. The van der Waals surface area contributed by atoms with Crippen molar-refractivity contribution >= 4 is 11.3 Å². The third kappa shape index (κ3) is 2.78. The average Bonchev–Trinajstić information content (AvgIpc) is 2.78. The Balaban J connectivity index is 2.27. The van der Waals surface area contributed by atoms with E-state index in [-0.39, 0.29) is 0 Å². The molecule has 0 amide bonds. The van der Waals surface area contributed by atoms with Crippen LogP contribution in [0.1, 0.15) is 50.7 Å². The maximum atomic E-state index is 2.32. The molecule has 0 nitrogen and oxygen atoms in total. The van der Waals surface area contributed by atoms with Crippen LogP contribution in [0.2, 0.25) is 0 Å². The van der Waals surface area contributed by atoms with Crippen molar-refractivity contribution in [3.8, 4) is 10.4 Å². The monoisotopic (exact) mass is 244 g/mol. The van der Waals surface area contributed by atoms with Crippen molar-refractivity contribution in [1.82, 2.24) is 0 Å². The van der Waals surface area contributed by atoms with Gasteiger partial charge in [0, 0.05) is 4.88 Å². The number of rotatable bonds is 3. The summed E-state index contributed by atoms with van der Waals surface area (Å²) >= 11 is 1.85. The molecule has 0 radical (unpaired) electrons. The van der Waals surface area contributed by atoms with Crippen molar-refractivity contribution in [3.05, 3.63) is 46.8 Å². The topological polar surface area (TPSA) is 0 Å². The zero-order chi connectivity index (χ0) is 12.4. The summed E-state index contributed by atoms with van der Waals surface area (Å²) in [5, 5.41) is 2.27. The predicted octanol–water partition coefficient (Wildman–Crippen LogP) is 5.66. The summed E-state index contributed by atoms with van der Waals surface area (Å²) < 4.78 is 0. The Labute approximate surface area is 108 Å². The maximum Gasteiger partial charge on any atom is 0.0345 e. The first kappa shape index (κ1) is 12.4. The minimum Gasteiger partial charge on any atom is -0.144 e. The Bertz CT molecular complexity index is 474. The van der Waals surface area contributed by atoms with Gasteiger partial charge < -0.3 is 0 Å². The van der Waals surface area contributed by atoms with Crippen LogP contribution in [0.25, 0.3) is 10.4 Å². The summed E-state index contributed by atoms with van der Waals surface area (Å²) in [4.78, 5) is 1.38. The Hall–Kier alpha value is -1.08. The molecule has 1 heterocycles. The third-order valence-electron chi connectivity index (χ3n) is 3.15. The standard InChI is InChI=1S/C16H20S/c1-11(2)13-5-7-14(8-6-13)16-9-15(10-17-16)12(3)4/h5-12H,1-4H3. The quantitative estimate of drug-likeness (QED) is 0.653. The van der Waals surface area contributed by atoms with Crippen molar-refractivity contribution in [1.29, 1.82) is 0 Å². The van der Waals surface area contributed by atoms with E-state index in [0.717, 1.165) is 0 Å². The van der Waals surface area contributed by atoms with E-state index in [0.29, 0.717) is 11.8 Å². The van der Waals surface area contributed by atoms with Gasteiger partial charge in [0.15, 0.2) is 0 Å². The van der Waals surface area contributed by atoms with Crippen LogP contribution in [0.4, 0.5) is 0 Å². The van der Waals surface area contributed by atoms with Crippen LogP contribution in [0, 0.1) is 0 Å². The molecule has 1 heteroatoms. The van der Waals surface area contributed by atoms with Crippen LogP contribution in [0.5, 0.6) is 0 Å². The van der Waals surface area contributed by atoms with Crippen LogP contribution < -0.4 is 0 Å². The first-order chi connectivity index (χ1) is 8.08. The van der Waals surface area contributed by atoms with Gasteiger partial charge in [0.05, 0.1) is 0 Å². The number of thiophene rings is 1. The molecule has 0 fully saturated rings. The van der Waals surface area contributed by atoms with Crippen LogP contribution in [0.15, 0.2) is 35.7 Å². The highest BCUT2D eigenvalue weighted by molar-refractivity contribution is 7.13. The predicted molar refractivity (Wildman–Crippen MR) is 77.9 cm³/mol. The Morgan fingerprint density at radius 2 is 1.41 bits per heavy atom. The summed E-state index contributed by atoms with van der Waals surface area (Å²) in [7, 11) is 0. The van der Waals surface area contributed by atoms with Gasteiger partial charge in [-0.15, -0.1) is 11.3 Å². The number of hydrogen-bond donors (Lipinski definition) is 0. The molecule has 1 aromatic carbocycles. The zero-order valence-corrected chi connectivity index (χ0v) is 11.8. The van der Waals surface area contributed by atoms with Crippen LogP contribution in [0.3, 0.4) is 0 Å². The van der Waals surface area contributed by atoms with Gasteiger partial charge in [-0.05, 0) is 40.0 Å². The minimum absolute atomic E-state index is 0.610. The lowest BCUT2D eigenvalue weighted by Crippen LogP contribution is -1.86. The molecule has 0 aliphatic carbocycles. The Kier molecular flexibility index (Phi) is 3.68. The van der Waals surface area contributed by atoms with Gasteiger partial charge in [-0.25, -0.2) is 0 Å². The normalized spacial score (nSPS) is 11.4. The molecule has 0 aliphatic rings. The van der Waals surface area contributed by atoms with E-state index in [1.54, 1.807) is 0 Å². The van der Waals surface area contributed by atoms with Gasteiger partial charge in [0.25, 0.3) is 0 Å². The molecule has 0 atom stereocenters. The van der Waals surface area contributed by atoms with E-state index in [9.17, 15) is 0 Å². The molecular weight excluding hydrogens is 224 g/mol. The fraction of sp³-hybridized carbons (Fsp3) is 0.375. The van der Waals surface area contributed by atoms with Gasteiger partial charge in [-0.3, -0.25) is 0 Å². The molecule has 0 N–H and O–H groups in total. The number of benzene rings is 1. The zero-order valence-electron chi connectivity index (χ0n) is 11.0. The highest BCUT2D eigenvalue weighted by atomic mass is 32.1. The van der Waals surface area contributed by atoms with E-state index in [1.807, 2.05) is 11.3 Å². The van der Waals surface area contributed by atoms with Crippen LogP contribution in [-0.2, 0) is 0 Å². The van der Waals surface area contributed by atoms with E-state index >= 15 is 0 Å². The van der Waals surface area contributed by atoms with Gasteiger partial charge in [0.2, 0.25) is 0 Å². The van der Waals surface area contributed by atoms with Gasteiger partial charge in [-0.2, -0.15) is 0 Å². The highest BCUT2D eigenvalue weighted by Gasteiger charge is 2.06. The lowest BCUT2D eigenvalue weighted by molar-refractivity contribution is 0.867. The smallest absolute Gasteiger partial charge is 0.0345 e. The summed E-state index contributed by atoms with van der Waals surface area (Å²) in [5.41, 5.74) is 4.19. The van der Waals surface area contributed by atoms with Crippen molar-refractivity contribution in [2.75, 3.05) is 0 Å². The fourth-order valence-corrected chi connectivity index (χ4v) is 2.92. The van der Waals surface area contributed by atoms with Crippen molar-refractivity contribution in [2.45, 2.75) is 39.5 Å². The van der Waals surface area contributed by atoms with Crippen molar-refractivity contribution in [2.24, 2.45) is 0 Å². The van der Waals surface area contributed by atoms with Gasteiger partial charge >= 0.3 is 0 Å². The molecule has 0 unspecified atom stereocenters. The molecule has 0 saturated carbocycles. The van der Waals surface area contributed by atoms with Crippen LogP contribution >= 0.6 is 11.3 Å². The SMILES string of the molecule is CC(C)c1ccc(-c2cc(C(C)C)cs2)cc1. The lowest BCUT2D eigenvalue weighted by atomic mass is 10.0. The van der Waals surface area contributed by atoms with E-state index in [4.69, 9.17) is 0 Å². The molecule has 2 rings (SSSR count). The first-order valence-corrected chi connectivity index (χ1v) is 7.14. The molecule has 0 bridgehead atoms. The van der Waals surface area contributed by atoms with E-state index in [2.05, 4.69) is 63.4 Å². The molecular formula is C16H20S. The number of hydrogen-bond acceptors (Lipinski definition) is 1. The van der Waals surface area contributed by atoms with Gasteiger partial charge in [0.1, 0.15) is 0 Å². The molecule has 17 heavy (non-hydrogen) atoms. The molecule has 0 aliphatic heterocycles. The van der Waals surface area contributed by atoms with Crippen LogP contribution in [-0.4, -0.2) is 0 Å². The Morgan fingerprint density at radius 3 is 1.88 bits per heavy atom. The third-order valence-corrected chi connectivity index (χ3v) is 4.15. The second-order valence-electron chi connectivity index (χ2n) is 5.18. The molecule has 0 spiro atoms. The van der Waals surface area contributed by atoms with Crippen molar-refractivity contribution < 1.29 is 0 Å². The average molecular weight is 244 g/mol. The minimum atomic E-state index is 0.610. The Morgan fingerprint density at radius 1 is 0.824 bits per heavy atom. The molecule has 0 saturated heterocycles. The lowest BCUT2D eigenvalue weighted by Gasteiger charge is -2.05. The second kappa shape index (κ2) is 5.05. The summed E-state index contributed by atoms with van der Waals surface area (Å²) in [6.07, 6.45) is 0. The highest BCUT2D eigenvalue weighted by Crippen LogP contribution is 2.31. The maximum absolute atomic E-state index is 2.32. The van der Waals surface area contributed by atoms with E-state index in [1.165, 1.54) is 21.6 Å².